The topological polar surface area (TPSA) is 73.9 Å². The molecule has 0 aromatic heterocycles. The average molecular weight is 245 g/mol. The normalized spacial score (nSPS) is 19.1. The molecule has 0 spiro atoms. The molecule has 1 aliphatic heterocycles. The van der Waals surface area contributed by atoms with E-state index in [-0.39, 0.29) is 0 Å². The van der Waals surface area contributed by atoms with Crippen LogP contribution in [0.25, 0.3) is 0 Å². The third-order valence-electron chi connectivity index (χ3n) is 2.04. The molecular formula is C9H11NO5S. The van der Waals surface area contributed by atoms with Crippen molar-refractivity contribution in [2.24, 2.45) is 0 Å². The van der Waals surface area contributed by atoms with Gasteiger partial charge in [-0.3, -0.25) is 5.32 Å². The highest BCUT2D eigenvalue weighted by Gasteiger charge is 2.35. The molecule has 7 heteroatoms. The molecule has 1 fully saturated rings. The van der Waals surface area contributed by atoms with Crippen molar-refractivity contribution in [3.8, 4) is 5.75 Å². The predicted molar refractivity (Wildman–Crippen MR) is 54.7 cm³/mol. The maximum absolute atomic E-state index is 10.5. The quantitative estimate of drug-likeness (QED) is 0.825. The monoisotopic (exact) mass is 245 g/mol. The highest BCUT2D eigenvalue weighted by molar-refractivity contribution is 7.82. The molecule has 1 aromatic carbocycles. The first-order valence-corrected chi connectivity index (χ1v) is 5.90. The zero-order chi connectivity index (χ0) is 11.6. The standard InChI is InChI=1S/C9H11NO5S/c1-13-8-4-2-7(3-5-8)6-10-9-14-16(11,12)15-9/h2-5,9-10H,6H2,1H3. The first-order chi connectivity index (χ1) is 7.59. The summed E-state index contributed by atoms with van der Waals surface area (Å²) in [5.74, 6) is 0.766. The molecule has 0 aliphatic carbocycles. The Bertz CT molecular complexity index is 443. The summed E-state index contributed by atoms with van der Waals surface area (Å²) in [4.78, 5) is 0. The molecule has 1 aliphatic rings. The molecule has 0 amide bonds. The molecule has 0 radical (unpaired) electrons. The highest BCUT2D eigenvalue weighted by Crippen LogP contribution is 2.16. The minimum atomic E-state index is -3.73. The number of ether oxygens (including phenoxy) is 1. The van der Waals surface area contributed by atoms with E-state index in [4.69, 9.17) is 4.74 Å². The van der Waals surface area contributed by atoms with E-state index in [9.17, 15) is 8.42 Å². The Kier molecular flexibility index (Phi) is 3.10. The number of nitrogens with one attached hydrogen (secondary N) is 1. The second-order valence-electron chi connectivity index (χ2n) is 3.16. The van der Waals surface area contributed by atoms with Crippen molar-refractivity contribution in [1.29, 1.82) is 0 Å². The van der Waals surface area contributed by atoms with Gasteiger partial charge in [-0.15, -0.1) is 0 Å². The van der Waals surface area contributed by atoms with Crippen molar-refractivity contribution >= 4 is 10.4 Å². The molecule has 0 unspecified atom stereocenters. The van der Waals surface area contributed by atoms with Crippen LogP contribution < -0.4 is 10.1 Å². The van der Waals surface area contributed by atoms with E-state index in [1.165, 1.54) is 0 Å². The van der Waals surface area contributed by atoms with Gasteiger partial charge in [0.05, 0.1) is 7.11 Å². The van der Waals surface area contributed by atoms with Crippen molar-refractivity contribution in [2.45, 2.75) is 13.0 Å². The van der Waals surface area contributed by atoms with Crippen molar-refractivity contribution in [1.82, 2.24) is 5.32 Å². The number of rotatable bonds is 4. The van der Waals surface area contributed by atoms with Crippen molar-refractivity contribution in [2.75, 3.05) is 7.11 Å². The fourth-order valence-corrected chi connectivity index (χ4v) is 1.81. The molecule has 16 heavy (non-hydrogen) atoms. The zero-order valence-corrected chi connectivity index (χ0v) is 9.36. The molecule has 0 atom stereocenters. The Balaban J connectivity index is 1.82. The van der Waals surface area contributed by atoms with Gasteiger partial charge >= 0.3 is 10.4 Å². The van der Waals surface area contributed by atoms with E-state index in [0.29, 0.717) is 6.54 Å². The molecular weight excluding hydrogens is 234 g/mol. The van der Waals surface area contributed by atoms with Gasteiger partial charge in [-0.05, 0) is 17.7 Å². The molecule has 0 bridgehead atoms. The van der Waals surface area contributed by atoms with Crippen LogP contribution in [0, 0.1) is 0 Å². The van der Waals surface area contributed by atoms with Gasteiger partial charge in [-0.2, -0.15) is 8.42 Å². The molecule has 0 saturated carbocycles. The second kappa shape index (κ2) is 4.38. The van der Waals surface area contributed by atoms with E-state index >= 15 is 0 Å². The molecule has 1 N–H and O–H groups in total. The smallest absolute Gasteiger partial charge is 0.407 e. The van der Waals surface area contributed by atoms with Gasteiger partial charge < -0.3 is 4.74 Å². The van der Waals surface area contributed by atoms with Gasteiger partial charge in [0.1, 0.15) is 5.75 Å². The lowest BCUT2D eigenvalue weighted by atomic mass is 10.2. The molecule has 6 nitrogen and oxygen atoms in total. The van der Waals surface area contributed by atoms with Crippen LogP contribution in [0.2, 0.25) is 0 Å². The van der Waals surface area contributed by atoms with Gasteiger partial charge in [0, 0.05) is 6.54 Å². The fourth-order valence-electron chi connectivity index (χ4n) is 1.23. The molecule has 1 saturated heterocycles. The van der Waals surface area contributed by atoms with Gasteiger partial charge in [-0.1, -0.05) is 12.1 Å². The predicted octanol–water partition coefficient (Wildman–Crippen LogP) is 0.360. The van der Waals surface area contributed by atoms with Crippen LogP contribution in [0.5, 0.6) is 5.75 Å². The number of hydrogen-bond acceptors (Lipinski definition) is 6. The van der Waals surface area contributed by atoms with Gasteiger partial charge in [-0.25, -0.2) is 8.37 Å². The van der Waals surface area contributed by atoms with Crippen molar-refractivity contribution < 1.29 is 21.5 Å². The number of benzene rings is 1. The summed E-state index contributed by atoms with van der Waals surface area (Å²) < 4.78 is 34.8. The first kappa shape index (κ1) is 11.3. The van der Waals surface area contributed by atoms with Gasteiger partial charge in [0.2, 0.25) is 0 Å². The van der Waals surface area contributed by atoms with Gasteiger partial charge in [0.15, 0.2) is 0 Å². The van der Waals surface area contributed by atoms with E-state index in [1.807, 2.05) is 24.3 Å². The highest BCUT2D eigenvalue weighted by atomic mass is 32.3. The number of hydrogen-bond donors (Lipinski definition) is 1. The maximum atomic E-state index is 10.5. The Morgan fingerprint density at radius 1 is 1.31 bits per heavy atom. The van der Waals surface area contributed by atoms with Gasteiger partial charge in [0.25, 0.3) is 6.41 Å². The van der Waals surface area contributed by atoms with E-state index in [2.05, 4.69) is 13.7 Å². The van der Waals surface area contributed by atoms with Crippen LogP contribution in [0.1, 0.15) is 5.56 Å². The fraction of sp³-hybridized carbons (Fsp3) is 0.333. The molecule has 2 rings (SSSR count). The minimum Gasteiger partial charge on any atom is -0.497 e. The van der Waals surface area contributed by atoms with Crippen LogP contribution in [0.4, 0.5) is 0 Å². The third kappa shape index (κ3) is 2.70. The summed E-state index contributed by atoms with van der Waals surface area (Å²) in [6.07, 6.45) is -0.882. The molecule has 1 aromatic rings. The summed E-state index contributed by atoms with van der Waals surface area (Å²) in [5, 5.41) is 2.76. The molecule has 1 heterocycles. The van der Waals surface area contributed by atoms with Crippen molar-refractivity contribution in [3.05, 3.63) is 29.8 Å². The Labute approximate surface area is 93.5 Å². The number of methoxy groups -OCH3 is 1. The van der Waals surface area contributed by atoms with Crippen LogP contribution in [-0.2, 0) is 25.3 Å². The summed E-state index contributed by atoms with van der Waals surface area (Å²) >= 11 is 0. The van der Waals surface area contributed by atoms with E-state index < -0.39 is 16.8 Å². The van der Waals surface area contributed by atoms with Crippen LogP contribution in [-0.4, -0.2) is 21.9 Å². The lowest BCUT2D eigenvalue weighted by Crippen LogP contribution is -2.46. The third-order valence-corrected chi connectivity index (χ3v) is 2.86. The first-order valence-electron chi connectivity index (χ1n) is 4.57. The Morgan fingerprint density at radius 3 is 2.44 bits per heavy atom. The largest absolute Gasteiger partial charge is 0.497 e. The van der Waals surface area contributed by atoms with Crippen molar-refractivity contribution in [3.63, 3.8) is 0 Å². The summed E-state index contributed by atoms with van der Waals surface area (Å²) in [7, 11) is -2.14. The Morgan fingerprint density at radius 2 is 1.94 bits per heavy atom. The zero-order valence-electron chi connectivity index (χ0n) is 8.54. The van der Waals surface area contributed by atoms with Crippen LogP contribution >= 0.6 is 0 Å². The molecule has 88 valence electrons. The maximum Gasteiger partial charge on any atom is 0.407 e. The van der Waals surface area contributed by atoms with E-state index in [0.717, 1.165) is 11.3 Å². The summed E-state index contributed by atoms with van der Waals surface area (Å²) in [5.41, 5.74) is 0.970. The Hall–Kier alpha value is -1.15. The van der Waals surface area contributed by atoms with E-state index in [1.54, 1.807) is 7.11 Å². The van der Waals surface area contributed by atoms with Crippen LogP contribution in [0.15, 0.2) is 24.3 Å². The summed E-state index contributed by atoms with van der Waals surface area (Å²) in [6, 6.07) is 7.35. The lowest BCUT2D eigenvalue weighted by Gasteiger charge is -2.25. The lowest BCUT2D eigenvalue weighted by molar-refractivity contribution is -0.102. The van der Waals surface area contributed by atoms with Crippen LogP contribution in [0.3, 0.4) is 0 Å². The second-order valence-corrected chi connectivity index (χ2v) is 4.36. The minimum absolute atomic E-state index is 0.449. The average Bonchev–Trinajstić information content (AvgIpc) is 2.24. The summed E-state index contributed by atoms with van der Waals surface area (Å²) in [6.45, 7) is 0.449. The SMILES string of the molecule is COc1ccc(CNC2OS(=O)(=O)O2)cc1.